The van der Waals surface area contributed by atoms with Gasteiger partial charge in [0.25, 0.3) is 5.91 Å². The van der Waals surface area contributed by atoms with Crippen LogP contribution in [0.4, 0.5) is 5.69 Å². The van der Waals surface area contributed by atoms with E-state index in [-0.39, 0.29) is 10.8 Å². The summed E-state index contributed by atoms with van der Waals surface area (Å²) in [6.07, 6.45) is 0. The number of benzene rings is 2. The van der Waals surface area contributed by atoms with Crippen molar-refractivity contribution in [1.82, 2.24) is 4.72 Å². The van der Waals surface area contributed by atoms with Gasteiger partial charge in [-0.2, -0.15) is 0 Å². The molecule has 0 atom stereocenters. The van der Waals surface area contributed by atoms with Gasteiger partial charge < -0.3 is 5.32 Å². The van der Waals surface area contributed by atoms with E-state index in [1.165, 1.54) is 31.3 Å². The second-order valence-electron chi connectivity index (χ2n) is 4.56. The van der Waals surface area contributed by atoms with Crippen LogP contribution in [-0.4, -0.2) is 21.4 Å². The molecule has 0 unspecified atom stereocenters. The van der Waals surface area contributed by atoms with Crippen molar-refractivity contribution in [3.05, 3.63) is 59.7 Å². The molecule has 0 aliphatic rings. The molecular formula is C15H16N2O3S. The lowest BCUT2D eigenvalue weighted by atomic mass is 10.2. The Hall–Kier alpha value is -2.18. The average molecular weight is 304 g/mol. The highest BCUT2D eigenvalue weighted by atomic mass is 32.2. The summed E-state index contributed by atoms with van der Waals surface area (Å²) in [4.78, 5) is 12.2. The van der Waals surface area contributed by atoms with Gasteiger partial charge in [-0.15, -0.1) is 0 Å². The average Bonchev–Trinajstić information content (AvgIpc) is 2.47. The minimum atomic E-state index is -3.49. The molecule has 0 spiro atoms. The molecular weight excluding hydrogens is 288 g/mol. The van der Waals surface area contributed by atoms with Gasteiger partial charge in [0.2, 0.25) is 10.0 Å². The normalized spacial score (nSPS) is 11.1. The first kappa shape index (κ1) is 15.2. The number of anilines is 1. The second kappa shape index (κ2) is 6.07. The summed E-state index contributed by atoms with van der Waals surface area (Å²) in [6.45, 7) is 1.94. The van der Waals surface area contributed by atoms with Crippen molar-refractivity contribution in [2.45, 2.75) is 11.8 Å². The Kier molecular flexibility index (Phi) is 4.40. The van der Waals surface area contributed by atoms with Crippen LogP contribution in [0.25, 0.3) is 0 Å². The molecule has 0 bridgehead atoms. The molecule has 2 rings (SSSR count). The Balaban J connectivity index is 2.17. The van der Waals surface area contributed by atoms with Crippen molar-refractivity contribution >= 4 is 21.6 Å². The van der Waals surface area contributed by atoms with Crippen molar-refractivity contribution in [1.29, 1.82) is 0 Å². The number of amides is 1. The molecule has 2 N–H and O–H groups in total. The van der Waals surface area contributed by atoms with Gasteiger partial charge in [0.1, 0.15) is 0 Å². The molecule has 0 aliphatic carbocycles. The van der Waals surface area contributed by atoms with E-state index in [0.717, 1.165) is 5.56 Å². The van der Waals surface area contributed by atoms with E-state index in [4.69, 9.17) is 0 Å². The maximum Gasteiger partial charge on any atom is 0.255 e. The highest BCUT2D eigenvalue weighted by Gasteiger charge is 2.12. The maximum atomic E-state index is 12.1. The van der Waals surface area contributed by atoms with Crippen LogP contribution in [0.5, 0.6) is 0 Å². The first-order chi connectivity index (χ1) is 9.92. The van der Waals surface area contributed by atoms with E-state index in [1.807, 2.05) is 25.1 Å². The van der Waals surface area contributed by atoms with E-state index in [9.17, 15) is 13.2 Å². The smallest absolute Gasteiger partial charge is 0.255 e. The Morgan fingerprint density at radius 3 is 2.29 bits per heavy atom. The zero-order valence-electron chi connectivity index (χ0n) is 11.8. The van der Waals surface area contributed by atoms with Crippen molar-refractivity contribution < 1.29 is 13.2 Å². The first-order valence-electron chi connectivity index (χ1n) is 6.34. The van der Waals surface area contributed by atoms with Gasteiger partial charge in [-0.3, -0.25) is 4.79 Å². The van der Waals surface area contributed by atoms with E-state index in [1.54, 1.807) is 6.07 Å². The fourth-order valence-electron chi connectivity index (χ4n) is 1.83. The van der Waals surface area contributed by atoms with E-state index >= 15 is 0 Å². The third kappa shape index (κ3) is 3.68. The lowest BCUT2D eigenvalue weighted by Crippen LogP contribution is -2.19. The molecule has 110 valence electrons. The predicted molar refractivity (Wildman–Crippen MR) is 81.8 cm³/mol. The van der Waals surface area contributed by atoms with Gasteiger partial charge >= 0.3 is 0 Å². The molecule has 6 heteroatoms. The summed E-state index contributed by atoms with van der Waals surface area (Å²) in [5.41, 5.74) is 2.14. The SMILES string of the molecule is CNS(=O)(=O)c1ccc(C(=O)Nc2cccc(C)c2)cc1. The number of sulfonamides is 1. The third-order valence-electron chi connectivity index (χ3n) is 2.97. The Morgan fingerprint density at radius 2 is 1.71 bits per heavy atom. The summed E-state index contributed by atoms with van der Waals surface area (Å²) in [5.74, 6) is -0.283. The molecule has 1 amide bonds. The van der Waals surface area contributed by atoms with E-state index in [2.05, 4.69) is 10.0 Å². The van der Waals surface area contributed by atoms with Gasteiger partial charge in [-0.05, 0) is 55.9 Å². The van der Waals surface area contributed by atoms with Crippen molar-refractivity contribution in [3.8, 4) is 0 Å². The van der Waals surface area contributed by atoms with Crippen LogP contribution in [0.2, 0.25) is 0 Å². The standard InChI is InChI=1S/C15H16N2O3S/c1-11-4-3-5-13(10-11)17-15(18)12-6-8-14(9-7-12)21(19,20)16-2/h3-10,16H,1-2H3,(H,17,18). The summed E-state index contributed by atoms with van der Waals surface area (Å²) in [5, 5.41) is 2.77. The lowest BCUT2D eigenvalue weighted by molar-refractivity contribution is 0.102. The first-order valence-corrected chi connectivity index (χ1v) is 7.82. The molecule has 0 saturated carbocycles. The van der Waals surface area contributed by atoms with Gasteiger partial charge in [0.15, 0.2) is 0 Å². The Morgan fingerprint density at radius 1 is 1.05 bits per heavy atom. The molecule has 0 heterocycles. The molecule has 0 aromatic heterocycles. The summed E-state index contributed by atoms with van der Waals surface area (Å²) in [6, 6.07) is 13.2. The molecule has 0 aliphatic heterocycles. The Labute approximate surface area is 124 Å². The zero-order chi connectivity index (χ0) is 15.5. The van der Waals surface area contributed by atoms with Gasteiger partial charge in [0.05, 0.1) is 4.90 Å². The van der Waals surface area contributed by atoms with Crippen LogP contribution in [0.3, 0.4) is 0 Å². The summed E-state index contributed by atoms with van der Waals surface area (Å²) < 4.78 is 25.4. The number of rotatable bonds is 4. The number of carbonyl (C=O) groups is 1. The predicted octanol–water partition coefficient (Wildman–Crippen LogP) is 2.16. The van der Waals surface area contributed by atoms with E-state index < -0.39 is 10.0 Å². The highest BCUT2D eigenvalue weighted by molar-refractivity contribution is 7.89. The molecule has 2 aromatic rings. The van der Waals surface area contributed by atoms with Gasteiger partial charge in [-0.25, -0.2) is 13.1 Å². The summed E-state index contributed by atoms with van der Waals surface area (Å²) >= 11 is 0. The number of hydrogen-bond donors (Lipinski definition) is 2. The number of nitrogens with one attached hydrogen (secondary N) is 2. The topological polar surface area (TPSA) is 75.3 Å². The van der Waals surface area contributed by atoms with Crippen LogP contribution in [-0.2, 0) is 10.0 Å². The van der Waals surface area contributed by atoms with Crippen LogP contribution < -0.4 is 10.0 Å². The highest BCUT2D eigenvalue weighted by Crippen LogP contribution is 2.14. The molecule has 0 saturated heterocycles. The third-order valence-corrected chi connectivity index (χ3v) is 4.40. The molecule has 0 radical (unpaired) electrons. The van der Waals surface area contributed by atoms with Crippen LogP contribution in [0.15, 0.2) is 53.4 Å². The molecule has 2 aromatic carbocycles. The zero-order valence-corrected chi connectivity index (χ0v) is 12.6. The minimum Gasteiger partial charge on any atom is -0.322 e. The molecule has 5 nitrogen and oxygen atoms in total. The summed E-state index contributed by atoms with van der Waals surface area (Å²) in [7, 11) is -2.15. The second-order valence-corrected chi connectivity index (χ2v) is 6.44. The van der Waals surface area contributed by atoms with Crippen LogP contribution in [0.1, 0.15) is 15.9 Å². The Bertz CT molecular complexity index is 753. The number of aryl methyl sites for hydroxylation is 1. The quantitative estimate of drug-likeness (QED) is 0.909. The molecule has 21 heavy (non-hydrogen) atoms. The van der Waals surface area contributed by atoms with Crippen molar-refractivity contribution in [3.63, 3.8) is 0 Å². The maximum absolute atomic E-state index is 12.1. The van der Waals surface area contributed by atoms with Crippen molar-refractivity contribution in [2.75, 3.05) is 12.4 Å². The fraction of sp³-hybridized carbons (Fsp3) is 0.133. The van der Waals surface area contributed by atoms with Crippen LogP contribution in [0, 0.1) is 6.92 Å². The number of carbonyl (C=O) groups excluding carboxylic acids is 1. The van der Waals surface area contributed by atoms with E-state index in [0.29, 0.717) is 11.3 Å². The van der Waals surface area contributed by atoms with Crippen LogP contribution >= 0.6 is 0 Å². The number of hydrogen-bond acceptors (Lipinski definition) is 3. The monoisotopic (exact) mass is 304 g/mol. The fourth-order valence-corrected chi connectivity index (χ4v) is 2.56. The largest absolute Gasteiger partial charge is 0.322 e. The lowest BCUT2D eigenvalue weighted by Gasteiger charge is -2.07. The minimum absolute atomic E-state index is 0.122. The molecule has 0 fully saturated rings. The van der Waals surface area contributed by atoms with Gasteiger partial charge in [0, 0.05) is 11.3 Å². The van der Waals surface area contributed by atoms with Crippen molar-refractivity contribution in [2.24, 2.45) is 0 Å². The van der Waals surface area contributed by atoms with Gasteiger partial charge in [-0.1, -0.05) is 12.1 Å².